The first-order valence-electron chi connectivity index (χ1n) is 21.9. The molecule has 21 heteroatoms. The fraction of sp³-hybridized carbons (Fsp3) is 0.422. The molecule has 12 N–H and O–H groups in total. The van der Waals surface area contributed by atoms with Gasteiger partial charge in [0.05, 0.1) is 12.9 Å². The number of benzene rings is 2. The van der Waals surface area contributed by atoms with Crippen LogP contribution in [0.5, 0.6) is 0 Å². The number of fused-ring (bicyclic) bond motifs is 1. The third-order valence-electron chi connectivity index (χ3n) is 10.9. The number of aromatic nitrogens is 3. The Bertz CT molecular complexity index is 2340. The van der Waals surface area contributed by atoms with Crippen molar-refractivity contribution in [2.75, 3.05) is 13.1 Å². The molecule has 0 radical (unpaired) electrons. The number of hydrogen-bond acceptors (Lipinski definition) is 10. The molecule has 0 saturated carbocycles. The van der Waals surface area contributed by atoms with E-state index in [-0.39, 0.29) is 51.5 Å². The molecule has 1 fully saturated rings. The number of nitrogens with zero attached hydrogens (tertiary/aromatic N) is 1. The Hall–Kier alpha value is -7.58. The molecule has 66 heavy (non-hydrogen) atoms. The largest absolute Gasteiger partial charge is 0.368 e. The Morgan fingerprint density at radius 1 is 0.803 bits per heavy atom. The molecular formula is C45H58N12O9. The Balaban J connectivity index is 1.43. The lowest BCUT2D eigenvalue weighted by Gasteiger charge is -2.26. The summed E-state index contributed by atoms with van der Waals surface area (Å²) in [6, 6.07) is 8.51. The van der Waals surface area contributed by atoms with Gasteiger partial charge in [-0.3, -0.25) is 43.2 Å². The zero-order valence-corrected chi connectivity index (χ0v) is 36.9. The van der Waals surface area contributed by atoms with Crippen LogP contribution in [0.15, 0.2) is 73.3 Å². The maximum absolute atomic E-state index is 14.2. The van der Waals surface area contributed by atoms with Gasteiger partial charge in [-0.1, -0.05) is 68.3 Å². The predicted molar refractivity (Wildman–Crippen MR) is 240 cm³/mol. The van der Waals surface area contributed by atoms with E-state index in [9.17, 15) is 43.2 Å². The molecule has 6 atom stereocenters. The van der Waals surface area contributed by atoms with Crippen LogP contribution in [-0.2, 0) is 62.4 Å². The van der Waals surface area contributed by atoms with Gasteiger partial charge in [0.2, 0.25) is 53.2 Å². The number of rotatable bonds is 15. The number of carbonyl (C=O) groups excluding carboxylic acids is 9. The summed E-state index contributed by atoms with van der Waals surface area (Å²) < 4.78 is 0. The van der Waals surface area contributed by atoms with Gasteiger partial charge in [0.15, 0.2) is 0 Å². The van der Waals surface area contributed by atoms with Gasteiger partial charge in [-0.25, -0.2) is 4.98 Å². The minimum Gasteiger partial charge on any atom is -0.368 e. The summed E-state index contributed by atoms with van der Waals surface area (Å²) in [5.74, 6) is -6.59. The van der Waals surface area contributed by atoms with Crippen LogP contribution < -0.4 is 48.3 Å². The van der Waals surface area contributed by atoms with Crippen molar-refractivity contribution < 1.29 is 43.2 Å². The van der Waals surface area contributed by atoms with Crippen molar-refractivity contribution in [2.45, 2.75) is 108 Å². The van der Waals surface area contributed by atoms with Gasteiger partial charge in [0.1, 0.15) is 36.3 Å². The number of imidazole rings is 1. The average Bonchev–Trinajstić information content (AvgIpc) is 3.97. The van der Waals surface area contributed by atoms with Crippen LogP contribution in [-0.4, -0.2) is 117 Å². The number of carbonyl (C=O) groups is 9. The van der Waals surface area contributed by atoms with Crippen LogP contribution >= 0.6 is 0 Å². The second-order valence-corrected chi connectivity index (χ2v) is 16.1. The second kappa shape index (κ2) is 24.5. The minimum atomic E-state index is -1.40. The van der Waals surface area contributed by atoms with Crippen molar-refractivity contribution in [3.8, 4) is 0 Å². The SMILES string of the molecule is CCCC[C@H](NC(C)=O)C(=O)NC1CCC(=O)NCCC(C(=O)N[C@@H](Cc2c[nH]c3ccccc23)C(N)=O)NC(=O)CNC(=O)C(Cc2ccccc2)NC(=O)[C@H](Cc2cnc[nH]2)NC1=O. The highest BCUT2D eigenvalue weighted by atomic mass is 16.2. The van der Waals surface area contributed by atoms with Gasteiger partial charge in [0, 0.05) is 68.1 Å². The second-order valence-electron chi connectivity index (χ2n) is 16.1. The first kappa shape index (κ1) is 49.4. The monoisotopic (exact) mass is 910 g/mol. The van der Waals surface area contributed by atoms with Crippen molar-refractivity contribution >= 4 is 64.1 Å². The van der Waals surface area contributed by atoms with Crippen molar-refractivity contribution in [1.29, 1.82) is 0 Å². The fourth-order valence-corrected chi connectivity index (χ4v) is 7.43. The molecular weight excluding hydrogens is 853 g/mol. The maximum atomic E-state index is 14.2. The lowest BCUT2D eigenvalue weighted by Crippen LogP contribution is -2.59. The van der Waals surface area contributed by atoms with E-state index < -0.39 is 96.0 Å². The van der Waals surface area contributed by atoms with Gasteiger partial charge in [-0.2, -0.15) is 0 Å². The van der Waals surface area contributed by atoms with Crippen LogP contribution in [0.3, 0.4) is 0 Å². The number of nitrogens with one attached hydrogen (secondary N) is 10. The number of para-hydroxylation sites is 1. The summed E-state index contributed by atoms with van der Waals surface area (Å²) in [5, 5.41) is 21.8. The Labute approximate surface area is 380 Å². The Kier molecular flexibility index (Phi) is 18.3. The quantitative estimate of drug-likeness (QED) is 0.0687. The number of amides is 9. The molecule has 2 aromatic heterocycles. The van der Waals surface area contributed by atoms with Crippen LogP contribution in [0.1, 0.15) is 69.2 Å². The molecule has 0 spiro atoms. The minimum absolute atomic E-state index is 0.0191. The molecule has 1 aliphatic rings. The number of primary amides is 1. The highest BCUT2D eigenvalue weighted by molar-refractivity contribution is 5.97. The highest BCUT2D eigenvalue weighted by Crippen LogP contribution is 2.19. The summed E-state index contributed by atoms with van der Waals surface area (Å²) in [4.78, 5) is 131. The van der Waals surface area contributed by atoms with Gasteiger partial charge in [-0.15, -0.1) is 0 Å². The van der Waals surface area contributed by atoms with E-state index in [0.29, 0.717) is 29.7 Å². The first-order valence-corrected chi connectivity index (χ1v) is 21.9. The normalized spacial score (nSPS) is 20.1. The number of hydrogen-bond donors (Lipinski definition) is 11. The summed E-state index contributed by atoms with van der Waals surface area (Å²) in [6.07, 6.45) is 5.15. The number of unbranched alkanes of at least 4 members (excludes halogenated alkanes) is 1. The number of H-pyrrole nitrogens is 2. The highest BCUT2D eigenvalue weighted by Gasteiger charge is 2.33. The molecule has 1 aliphatic heterocycles. The van der Waals surface area contributed by atoms with Gasteiger partial charge >= 0.3 is 0 Å². The standard InChI is InChI=1S/C45H58N12O9/c1-3-4-13-32(52-26(2)58)42(63)54-33-15-16-38(59)48-18-17-34(44(65)55-35(40(46)61)20-28-22-49-31-14-9-8-12-30(28)31)53-39(60)24-50-41(62)36(19-27-10-6-5-7-11-27)56-45(66)37(57-43(33)64)21-29-23-47-25-51-29/h5-12,14,22-23,25,32-37,49H,3-4,13,15-21,24H2,1-2H3,(H2,46,61)(H,47,51)(H,48,59)(H,50,62)(H,52,58)(H,53,60)(H,54,63)(H,55,65)(H,56,66)(H,57,64)/t32-,33?,34?,35-,36?,37-/m0/s1. The van der Waals surface area contributed by atoms with Crippen LogP contribution in [0.25, 0.3) is 10.9 Å². The lowest BCUT2D eigenvalue weighted by molar-refractivity contribution is -0.135. The lowest BCUT2D eigenvalue weighted by atomic mass is 10.0. The summed E-state index contributed by atoms with van der Waals surface area (Å²) in [6.45, 7) is 2.35. The van der Waals surface area contributed by atoms with Crippen LogP contribution in [0, 0.1) is 0 Å². The van der Waals surface area contributed by atoms with Crippen molar-refractivity contribution in [1.82, 2.24) is 57.5 Å². The zero-order valence-electron chi connectivity index (χ0n) is 36.9. The zero-order chi connectivity index (χ0) is 47.6. The number of aromatic amines is 2. The van der Waals surface area contributed by atoms with E-state index in [1.807, 2.05) is 31.2 Å². The molecule has 21 nitrogen and oxygen atoms in total. The summed E-state index contributed by atoms with van der Waals surface area (Å²) in [7, 11) is 0. The van der Waals surface area contributed by atoms with Crippen LogP contribution in [0.4, 0.5) is 0 Å². The number of nitrogens with two attached hydrogens (primary N) is 1. The molecule has 0 aliphatic carbocycles. The average molecular weight is 911 g/mol. The van der Waals surface area contributed by atoms with Crippen LogP contribution in [0.2, 0.25) is 0 Å². The van der Waals surface area contributed by atoms with E-state index in [2.05, 4.69) is 57.5 Å². The molecule has 4 aromatic rings. The first-order chi connectivity index (χ1) is 31.7. The molecule has 2 aromatic carbocycles. The van der Waals surface area contributed by atoms with Crippen molar-refractivity contribution in [3.05, 3.63) is 90.1 Å². The van der Waals surface area contributed by atoms with E-state index in [1.165, 1.54) is 19.4 Å². The third-order valence-corrected chi connectivity index (χ3v) is 10.9. The van der Waals surface area contributed by atoms with E-state index >= 15 is 0 Å². The van der Waals surface area contributed by atoms with Crippen molar-refractivity contribution in [3.63, 3.8) is 0 Å². The topological polar surface area (TPSA) is 320 Å². The van der Waals surface area contributed by atoms with E-state index in [1.54, 1.807) is 36.5 Å². The van der Waals surface area contributed by atoms with Gasteiger partial charge in [0.25, 0.3) is 0 Å². The molecule has 3 unspecified atom stereocenters. The fourth-order valence-electron chi connectivity index (χ4n) is 7.43. The molecule has 1 saturated heterocycles. The Morgan fingerprint density at radius 2 is 1.53 bits per heavy atom. The molecule has 9 amide bonds. The van der Waals surface area contributed by atoms with Gasteiger partial charge in [-0.05, 0) is 36.5 Å². The molecule has 0 bridgehead atoms. The molecule has 352 valence electrons. The predicted octanol–water partition coefficient (Wildman–Crippen LogP) is -1.06. The maximum Gasteiger partial charge on any atom is 0.243 e. The summed E-state index contributed by atoms with van der Waals surface area (Å²) >= 11 is 0. The van der Waals surface area contributed by atoms with E-state index in [0.717, 1.165) is 10.9 Å². The molecule has 5 rings (SSSR count). The Morgan fingerprint density at radius 3 is 2.24 bits per heavy atom. The smallest absolute Gasteiger partial charge is 0.243 e. The summed E-state index contributed by atoms with van der Waals surface area (Å²) in [5.41, 5.74) is 8.34. The van der Waals surface area contributed by atoms with Crippen molar-refractivity contribution in [2.24, 2.45) is 5.73 Å². The molecule has 3 heterocycles. The van der Waals surface area contributed by atoms with Gasteiger partial charge < -0.3 is 58.2 Å². The third kappa shape index (κ3) is 15.0. The van der Waals surface area contributed by atoms with E-state index in [4.69, 9.17) is 5.73 Å².